The maximum Gasteiger partial charge on any atom is 0.317 e. The predicted molar refractivity (Wildman–Crippen MR) is 85.0 cm³/mol. The molecular formula is C16H25N3O3. The average molecular weight is 307 g/mol. The van der Waals surface area contributed by atoms with E-state index in [9.17, 15) is 9.90 Å². The van der Waals surface area contributed by atoms with E-state index in [0.717, 1.165) is 18.8 Å². The number of piperazine rings is 1. The largest absolute Gasteiger partial charge is 0.491 e. The number of nitrogens with zero attached hydrogens (tertiary/aromatic N) is 2. The van der Waals surface area contributed by atoms with Crippen LogP contribution in [-0.4, -0.2) is 72.9 Å². The van der Waals surface area contributed by atoms with Crippen LogP contribution in [0.15, 0.2) is 30.3 Å². The summed E-state index contributed by atoms with van der Waals surface area (Å²) in [6.07, 6.45) is -0.531. The van der Waals surface area contributed by atoms with Crippen molar-refractivity contribution in [3.05, 3.63) is 30.3 Å². The number of carbonyl (C=O) groups excluding carboxylic acids is 1. The third-order valence-electron chi connectivity index (χ3n) is 3.64. The molecule has 122 valence electrons. The van der Waals surface area contributed by atoms with Crippen LogP contribution in [-0.2, 0) is 0 Å². The van der Waals surface area contributed by atoms with E-state index >= 15 is 0 Å². The molecule has 2 N–H and O–H groups in total. The van der Waals surface area contributed by atoms with E-state index in [0.29, 0.717) is 26.2 Å². The molecule has 6 nitrogen and oxygen atoms in total. The molecule has 0 aromatic heterocycles. The van der Waals surface area contributed by atoms with Crippen molar-refractivity contribution in [2.75, 3.05) is 45.9 Å². The third-order valence-corrected chi connectivity index (χ3v) is 3.64. The van der Waals surface area contributed by atoms with Gasteiger partial charge in [-0.1, -0.05) is 18.2 Å². The molecule has 1 atom stereocenters. The van der Waals surface area contributed by atoms with Crippen molar-refractivity contribution in [1.29, 1.82) is 0 Å². The van der Waals surface area contributed by atoms with Gasteiger partial charge >= 0.3 is 6.03 Å². The smallest absolute Gasteiger partial charge is 0.317 e. The van der Waals surface area contributed by atoms with Gasteiger partial charge in [0.2, 0.25) is 0 Å². The summed E-state index contributed by atoms with van der Waals surface area (Å²) in [5.74, 6) is 0.766. The summed E-state index contributed by atoms with van der Waals surface area (Å²) < 4.78 is 5.55. The second-order valence-corrected chi connectivity index (χ2v) is 5.40. The number of carbonyl (C=O) groups is 1. The Hall–Kier alpha value is -1.79. The number of hydrogen-bond acceptors (Lipinski definition) is 4. The molecule has 1 aliphatic rings. The number of para-hydroxylation sites is 1. The number of amides is 2. The lowest BCUT2D eigenvalue weighted by atomic mass is 10.2. The molecule has 0 aliphatic carbocycles. The molecule has 1 aromatic carbocycles. The molecule has 6 heteroatoms. The minimum Gasteiger partial charge on any atom is -0.491 e. The van der Waals surface area contributed by atoms with E-state index in [1.807, 2.05) is 42.2 Å². The normalized spacial score (nSPS) is 17.1. The number of urea groups is 1. The van der Waals surface area contributed by atoms with Crippen LogP contribution in [0.4, 0.5) is 4.79 Å². The van der Waals surface area contributed by atoms with Crippen molar-refractivity contribution >= 4 is 6.03 Å². The van der Waals surface area contributed by atoms with Gasteiger partial charge in [0, 0.05) is 39.3 Å². The third kappa shape index (κ3) is 5.20. The summed E-state index contributed by atoms with van der Waals surface area (Å²) >= 11 is 0. The van der Waals surface area contributed by atoms with Gasteiger partial charge in [-0.2, -0.15) is 0 Å². The number of aliphatic hydroxyl groups is 1. The van der Waals surface area contributed by atoms with Crippen LogP contribution < -0.4 is 10.1 Å². The van der Waals surface area contributed by atoms with Gasteiger partial charge in [-0.3, -0.25) is 4.90 Å². The zero-order valence-corrected chi connectivity index (χ0v) is 13.1. The fraction of sp³-hybridized carbons (Fsp3) is 0.562. The Morgan fingerprint density at radius 1 is 1.27 bits per heavy atom. The van der Waals surface area contributed by atoms with Crippen LogP contribution in [0.3, 0.4) is 0 Å². The van der Waals surface area contributed by atoms with Crippen molar-refractivity contribution in [3.63, 3.8) is 0 Å². The van der Waals surface area contributed by atoms with Gasteiger partial charge < -0.3 is 20.1 Å². The molecule has 1 unspecified atom stereocenters. The number of nitrogens with one attached hydrogen (secondary N) is 1. The number of hydrogen-bond donors (Lipinski definition) is 2. The fourth-order valence-electron chi connectivity index (χ4n) is 2.46. The van der Waals surface area contributed by atoms with Crippen LogP contribution >= 0.6 is 0 Å². The molecule has 2 amide bonds. The molecule has 22 heavy (non-hydrogen) atoms. The minimum absolute atomic E-state index is 0.00453. The van der Waals surface area contributed by atoms with Crippen molar-refractivity contribution in [2.45, 2.75) is 13.0 Å². The second-order valence-electron chi connectivity index (χ2n) is 5.40. The van der Waals surface area contributed by atoms with E-state index in [-0.39, 0.29) is 12.6 Å². The first kappa shape index (κ1) is 16.6. The summed E-state index contributed by atoms with van der Waals surface area (Å²) in [4.78, 5) is 15.7. The molecule has 1 heterocycles. The summed E-state index contributed by atoms with van der Waals surface area (Å²) in [6, 6.07) is 9.48. The highest BCUT2D eigenvalue weighted by Gasteiger charge is 2.22. The molecule has 0 bridgehead atoms. The average Bonchev–Trinajstić information content (AvgIpc) is 2.55. The summed E-state index contributed by atoms with van der Waals surface area (Å²) in [7, 11) is 0. The maximum atomic E-state index is 11.7. The fourth-order valence-corrected chi connectivity index (χ4v) is 2.46. The van der Waals surface area contributed by atoms with Gasteiger partial charge in [0.1, 0.15) is 18.5 Å². The van der Waals surface area contributed by atoms with Gasteiger partial charge in [-0.25, -0.2) is 4.79 Å². The zero-order chi connectivity index (χ0) is 15.8. The van der Waals surface area contributed by atoms with Crippen molar-refractivity contribution < 1.29 is 14.6 Å². The summed E-state index contributed by atoms with van der Waals surface area (Å²) in [6.45, 7) is 6.34. The molecular weight excluding hydrogens is 282 g/mol. The lowest BCUT2D eigenvalue weighted by Crippen LogP contribution is -2.53. The minimum atomic E-state index is -0.531. The molecule has 1 saturated heterocycles. The topological polar surface area (TPSA) is 65.0 Å². The highest BCUT2D eigenvalue weighted by molar-refractivity contribution is 5.74. The summed E-state index contributed by atoms with van der Waals surface area (Å²) in [5, 5.41) is 12.9. The van der Waals surface area contributed by atoms with Crippen molar-refractivity contribution in [3.8, 4) is 5.75 Å². The van der Waals surface area contributed by atoms with E-state index in [1.54, 1.807) is 0 Å². The Bertz CT molecular complexity index is 447. The zero-order valence-electron chi connectivity index (χ0n) is 13.1. The molecule has 0 radical (unpaired) electrons. The van der Waals surface area contributed by atoms with E-state index in [2.05, 4.69) is 10.2 Å². The molecule has 1 fully saturated rings. The van der Waals surface area contributed by atoms with Crippen LogP contribution in [0, 0.1) is 0 Å². The summed E-state index contributed by atoms with van der Waals surface area (Å²) in [5.41, 5.74) is 0. The predicted octanol–water partition coefficient (Wildman–Crippen LogP) is 0.773. The standard InChI is InChI=1S/C16H25N3O3/c1-2-17-16(21)19-10-8-18(9-11-19)12-14(20)13-22-15-6-4-3-5-7-15/h3-7,14,20H,2,8-13H2,1H3,(H,17,21). The molecule has 1 aromatic rings. The Morgan fingerprint density at radius 2 is 1.95 bits per heavy atom. The number of aliphatic hydroxyl groups excluding tert-OH is 1. The first-order valence-corrected chi connectivity index (χ1v) is 7.80. The van der Waals surface area contributed by atoms with E-state index in [1.165, 1.54) is 0 Å². The molecule has 1 aliphatic heterocycles. The quantitative estimate of drug-likeness (QED) is 0.815. The van der Waals surface area contributed by atoms with E-state index in [4.69, 9.17) is 4.74 Å². The number of β-amino-alcohol motifs (C(OH)–C–C–N with tert-alkyl or cyclic N) is 1. The number of rotatable bonds is 6. The van der Waals surface area contributed by atoms with E-state index < -0.39 is 6.10 Å². The highest BCUT2D eigenvalue weighted by Crippen LogP contribution is 2.09. The van der Waals surface area contributed by atoms with Gasteiger partial charge in [0.15, 0.2) is 0 Å². The highest BCUT2D eigenvalue weighted by atomic mass is 16.5. The first-order valence-electron chi connectivity index (χ1n) is 7.80. The second kappa shape index (κ2) is 8.60. The Morgan fingerprint density at radius 3 is 2.59 bits per heavy atom. The Balaban J connectivity index is 1.66. The maximum absolute atomic E-state index is 11.7. The van der Waals surface area contributed by atoms with Gasteiger partial charge in [0.05, 0.1) is 0 Å². The SMILES string of the molecule is CCNC(=O)N1CCN(CC(O)COc2ccccc2)CC1. The lowest BCUT2D eigenvalue weighted by Gasteiger charge is -2.35. The van der Waals surface area contributed by atoms with Crippen LogP contribution in [0.25, 0.3) is 0 Å². The Kier molecular flexibility index (Phi) is 6.48. The number of ether oxygens (including phenoxy) is 1. The van der Waals surface area contributed by atoms with Gasteiger partial charge in [-0.15, -0.1) is 0 Å². The first-order chi connectivity index (χ1) is 10.7. The number of benzene rings is 1. The molecule has 0 saturated carbocycles. The van der Waals surface area contributed by atoms with Crippen molar-refractivity contribution in [2.24, 2.45) is 0 Å². The van der Waals surface area contributed by atoms with Gasteiger partial charge in [0.25, 0.3) is 0 Å². The van der Waals surface area contributed by atoms with Gasteiger partial charge in [-0.05, 0) is 19.1 Å². The molecule has 2 rings (SSSR count). The Labute approximate surface area is 131 Å². The van der Waals surface area contributed by atoms with Crippen LogP contribution in [0.5, 0.6) is 5.75 Å². The lowest BCUT2D eigenvalue weighted by molar-refractivity contribution is 0.0516. The molecule has 0 spiro atoms. The van der Waals surface area contributed by atoms with Crippen LogP contribution in [0.2, 0.25) is 0 Å². The van der Waals surface area contributed by atoms with Crippen LogP contribution in [0.1, 0.15) is 6.92 Å². The monoisotopic (exact) mass is 307 g/mol. The van der Waals surface area contributed by atoms with Crippen molar-refractivity contribution in [1.82, 2.24) is 15.1 Å².